The zero-order valence-corrected chi connectivity index (χ0v) is 12.2. The second-order valence-corrected chi connectivity index (χ2v) is 6.26. The SMILES string of the molecule is O=C1NC(=O)C(CCC(=O)OCc2csc(Br)c2)N1. The molecule has 0 aliphatic carbocycles. The van der Waals surface area contributed by atoms with Crippen LogP contribution >= 0.6 is 27.3 Å². The molecule has 1 aromatic heterocycles. The summed E-state index contributed by atoms with van der Waals surface area (Å²) in [6.07, 6.45) is 0.327. The number of rotatable bonds is 5. The van der Waals surface area contributed by atoms with Crippen LogP contribution in [0.25, 0.3) is 0 Å². The van der Waals surface area contributed by atoms with Crippen LogP contribution in [0.5, 0.6) is 0 Å². The lowest BCUT2D eigenvalue weighted by atomic mass is 10.1. The van der Waals surface area contributed by atoms with Crippen molar-refractivity contribution in [3.8, 4) is 0 Å². The van der Waals surface area contributed by atoms with E-state index in [-0.39, 0.29) is 19.4 Å². The van der Waals surface area contributed by atoms with Gasteiger partial charge in [0.25, 0.3) is 5.91 Å². The summed E-state index contributed by atoms with van der Waals surface area (Å²) in [6, 6.07) is 0.713. The Hall–Kier alpha value is -1.41. The molecule has 0 aromatic carbocycles. The zero-order chi connectivity index (χ0) is 13.8. The number of hydrogen-bond donors (Lipinski definition) is 2. The molecule has 1 fully saturated rings. The highest BCUT2D eigenvalue weighted by atomic mass is 79.9. The van der Waals surface area contributed by atoms with E-state index in [9.17, 15) is 14.4 Å². The summed E-state index contributed by atoms with van der Waals surface area (Å²) in [4.78, 5) is 33.6. The van der Waals surface area contributed by atoms with Gasteiger partial charge in [-0.1, -0.05) is 0 Å². The topological polar surface area (TPSA) is 84.5 Å². The first-order valence-electron chi connectivity index (χ1n) is 5.54. The summed E-state index contributed by atoms with van der Waals surface area (Å²) in [6.45, 7) is 0.212. The Bertz CT molecular complexity index is 517. The van der Waals surface area contributed by atoms with Gasteiger partial charge in [0.15, 0.2) is 0 Å². The van der Waals surface area contributed by atoms with Crippen molar-refractivity contribution in [3.63, 3.8) is 0 Å². The van der Waals surface area contributed by atoms with Crippen LogP contribution in [-0.2, 0) is 20.9 Å². The Balaban J connectivity index is 1.70. The van der Waals surface area contributed by atoms with Gasteiger partial charge in [0.05, 0.1) is 3.79 Å². The van der Waals surface area contributed by atoms with Crippen LogP contribution in [0, 0.1) is 0 Å². The minimum absolute atomic E-state index is 0.0870. The van der Waals surface area contributed by atoms with Crippen molar-refractivity contribution in [2.45, 2.75) is 25.5 Å². The van der Waals surface area contributed by atoms with E-state index in [1.807, 2.05) is 11.4 Å². The molecule has 8 heteroatoms. The molecular formula is C11H11BrN2O4S. The summed E-state index contributed by atoms with van der Waals surface area (Å²) in [5, 5.41) is 6.42. The van der Waals surface area contributed by atoms with Crippen molar-refractivity contribution in [2.75, 3.05) is 0 Å². The quantitative estimate of drug-likeness (QED) is 0.625. The molecule has 19 heavy (non-hydrogen) atoms. The van der Waals surface area contributed by atoms with Gasteiger partial charge in [-0.15, -0.1) is 11.3 Å². The lowest BCUT2D eigenvalue weighted by Crippen LogP contribution is -2.29. The van der Waals surface area contributed by atoms with Crippen LogP contribution in [0.15, 0.2) is 15.2 Å². The van der Waals surface area contributed by atoms with Crippen molar-refractivity contribution >= 4 is 45.2 Å². The van der Waals surface area contributed by atoms with Crippen LogP contribution in [0.4, 0.5) is 4.79 Å². The van der Waals surface area contributed by atoms with Crippen LogP contribution in [-0.4, -0.2) is 23.9 Å². The molecule has 1 aliphatic heterocycles. The van der Waals surface area contributed by atoms with E-state index in [0.29, 0.717) is 0 Å². The minimum atomic E-state index is -0.643. The largest absolute Gasteiger partial charge is 0.461 e. The Labute approximate surface area is 121 Å². The van der Waals surface area contributed by atoms with Crippen molar-refractivity contribution in [1.29, 1.82) is 0 Å². The highest BCUT2D eigenvalue weighted by Gasteiger charge is 2.29. The van der Waals surface area contributed by atoms with Crippen LogP contribution in [0.2, 0.25) is 0 Å². The minimum Gasteiger partial charge on any atom is -0.461 e. The summed E-state index contributed by atoms with van der Waals surface area (Å²) >= 11 is 4.84. The smallest absolute Gasteiger partial charge is 0.322 e. The predicted molar refractivity (Wildman–Crippen MR) is 71.5 cm³/mol. The number of carbonyl (C=O) groups excluding carboxylic acids is 3. The van der Waals surface area contributed by atoms with E-state index in [4.69, 9.17) is 4.74 Å². The summed E-state index contributed by atoms with van der Waals surface area (Å²) in [7, 11) is 0. The molecule has 0 saturated carbocycles. The van der Waals surface area contributed by atoms with Gasteiger partial charge in [0.1, 0.15) is 12.6 Å². The number of hydrogen-bond acceptors (Lipinski definition) is 5. The average Bonchev–Trinajstić information content (AvgIpc) is 2.90. The molecule has 0 spiro atoms. The number of nitrogens with one attached hydrogen (secondary N) is 2. The standard InChI is InChI=1S/C11H11BrN2O4S/c12-8-3-6(5-19-8)4-18-9(15)2-1-7-10(16)14-11(17)13-7/h3,5,7H,1-2,4H2,(H2,13,14,16,17). The molecule has 1 aliphatic rings. The third-order valence-electron chi connectivity index (χ3n) is 2.52. The number of imide groups is 1. The Morgan fingerprint density at radius 3 is 2.84 bits per heavy atom. The first-order chi connectivity index (χ1) is 9.04. The van der Waals surface area contributed by atoms with E-state index in [2.05, 4.69) is 26.6 Å². The molecule has 6 nitrogen and oxygen atoms in total. The number of ether oxygens (including phenoxy) is 1. The maximum atomic E-state index is 11.5. The third-order valence-corrected chi connectivity index (χ3v) is 4.07. The van der Waals surface area contributed by atoms with Gasteiger partial charge in [-0.25, -0.2) is 4.79 Å². The van der Waals surface area contributed by atoms with E-state index < -0.39 is 23.9 Å². The molecule has 3 amide bonds. The van der Waals surface area contributed by atoms with Gasteiger partial charge >= 0.3 is 12.0 Å². The first kappa shape index (κ1) is 14.0. The van der Waals surface area contributed by atoms with E-state index in [1.54, 1.807) is 0 Å². The summed E-state index contributed by atoms with van der Waals surface area (Å²) in [5.41, 5.74) is 0.914. The second kappa shape index (κ2) is 6.16. The number of urea groups is 1. The number of thiophene rings is 1. The first-order valence-corrected chi connectivity index (χ1v) is 7.22. The highest BCUT2D eigenvalue weighted by Crippen LogP contribution is 2.21. The van der Waals surface area contributed by atoms with Crippen LogP contribution < -0.4 is 10.6 Å². The van der Waals surface area contributed by atoms with Crippen molar-refractivity contribution in [1.82, 2.24) is 10.6 Å². The summed E-state index contributed by atoms with van der Waals surface area (Å²) < 4.78 is 6.04. The molecule has 1 unspecified atom stereocenters. The number of carbonyl (C=O) groups is 3. The number of amides is 3. The fourth-order valence-electron chi connectivity index (χ4n) is 1.58. The Morgan fingerprint density at radius 2 is 2.26 bits per heavy atom. The highest BCUT2D eigenvalue weighted by molar-refractivity contribution is 9.11. The lowest BCUT2D eigenvalue weighted by molar-refractivity contribution is -0.145. The molecule has 0 radical (unpaired) electrons. The van der Waals surface area contributed by atoms with Gasteiger partial charge in [-0.05, 0) is 33.8 Å². The molecule has 0 bridgehead atoms. The van der Waals surface area contributed by atoms with Crippen LogP contribution in [0.3, 0.4) is 0 Å². The zero-order valence-electron chi connectivity index (χ0n) is 9.77. The summed E-state index contributed by atoms with van der Waals surface area (Å²) in [5.74, 6) is -0.796. The molecule has 1 saturated heterocycles. The third kappa shape index (κ3) is 4.03. The van der Waals surface area contributed by atoms with Gasteiger partial charge in [0, 0.05) is 12.0 Å². The normalized spacial score (nSPS) is 18.1. The Kier molecular flexibility index (Phi) is 4.54. The predicted octanol–water partition coefficient (Wildman–Crippen LogP) is 1.54. The molecule has 1 aromatic rings. The van der Waals surface area contributed by atoms with Crippen LogP contribution in [0.1, 0.15) is 18.4 Å². The van der Waals surface area contributed by atoms with Crippen molar-refractivity contribution in [3.05, 3.63) is 20.8 Å². The monoisotopic (exact) mass is 346 g/mol. The average molecular weight is 347 g/mol. The van der Waals surface area contributed by atoms with Gasteiger partial charge in [0.2, 0.25) is 0 Å². The van der Waals surface area contributed by atoms with Crippen molar-refractivity contribution in [2.24, 2.45) is 0 Å². The van der Waals surface area contributed by atoms with Gasteiger partial charge in [-0.3, -0.25) is 14.9 Å². The fraction of sp³-hybridized carbons (Fsp3) is 0.364. The van der Waals surface area contributed by atoms with Gasteiger partial charge in [-0.2, -0.15) is 0 Å². The Morgan fingerprint density at radius 1 is 1.47 bits per heavy atom. The maximum Gasteiger partial charge on any atom is 0.322 e. The second-order valence-electron chi connectivity index (χ2n) is 3.97. The van der Waals surface area contributed by atoms with Crippen molar-refractivity contribution < 1.29 is 19.1 Å². The van der Waals surface area contributed by atoms with Gasteiger partial charge < -0.3 is 10.1 Å². The fourth-order valence-corrected chi connectivity index (χ4v) is 2.78. The molecule has 2 rings (SSSR count). The van der Waals surface area contributed by atoms with E-state index >= 15 is 0 Å². The molecule has 2 N–H and O–H groups in total. The lowest BCUT2D eigenvalue weighted by Gasteiger charge is -2.06. The molecule has 1 atom stereocenters. The molecular weight excluding hydrogens is 336 g/mol. The number of halogens is 1. The van der Waals surface area contributed by atoms with E-state index in [1.165, 1.54) is 11.3 Å². The van der Waals surface area contributed by atoms with E-state index in [0.717, 1.165) is 9.35 Å². The molecule has 102 valence electrons. The maximum absolute atomic E-state index is 11.5. The number of esters is 1. The molecule has 2 heterocycles.